The number of rotatable bonds is 6. The van der Waals surface area contributed by atoms with Crippen molar-refractivity contribution in [1.82, 2.24) is 10.2 Å². The molecule has 0 aliphatic carbocycles. The lowest BCUT2D eigenvalue weighted by Crippen LogP contribution is -2.37. The van der Waals surface area contributed by atoms with Crippen LogP contribution in [0.4, 0.5) is 0 Å². The normalized spacial score (nSPS) is 17.8. The smallest absolute Gasteiger partial charge is 0.00792 e. The van der Waals surface area contributed by atoms with E-state index in [-0.39, 0.29) is 0 Å². The van der Waals surface area contributed by atoms with Crippen LogP contribution in [0.1, 0.15) is 37.8 Å². The van der Waals surface area contributed by atoms with Gasteiger partial charge in [-0.3, -0.25) is 4.90 Å². The maximum atomic E-state index is 3.51. The van der Waals surface area contributed by atoms with Crippen LogP contribution in [-0.2, 0) is 12.8 Å². The van der Waals surface area contributed by atoms with Gasteiger partial charge in [-0.25, -0.2) is 0 Å². The molecule has 0 spiro atoms. The molecule has 0 aromatic heterocycles. The van der Waals surface area contributed by atoms with E-state index in [1.807, 2.05) is 0 Å². The summed E-state index contributed by atoms with van der Waals surface area (Å²) in [4.78, 5) is 2.66. The number of hydrogen-bond acceptors (Lipinski definition) is 2. The number of nitrogens with one attached hydrogen (secondary N) is 1. The quantitative estimate of drug-likeness (QED) is 0.791. The van der Waals surface area contributed by atoms with E-state index in [1.54, 1.807) is 11.1 Å². The van der Waals surface area contributed by atoms with E-state index in [2.05, 4.69) is 48.3 Å². The first kappa shape index (κ1) is 14.5. The predicted molar refractivity (Wildman–Crippen MR) is 82.7 cm³/mol. The molecule has 0 radical (unpaired) electrons. The van der Waals surface area contributed by atoms with Gasteiger partial charge in [-0.05, 0) is 56.8 Å². The van der Waals surface area contributed by atoms with E-state index < -0.39 is 0 Å². The molecule has 2 rings (SSSR count). The number of hydrogen-bond donors (Lipinski definition) is 1. The summed E-state index contributed by atoms with van der Waals surface area (Å²) < 4.78 is 0. The molecular formula is C17H28N2. The van der Waals surface area contributed by atoms with Gasteiger partial charge in [0.2, 0.25) is 0 Å². The second-order valence-corrected chi connectivity index (χ2v) is 5.69. The lowest BCUT2D eigenvalue weighted by Gasteiger charge is -2.27. The van der Waals surface area contributed by atoms with Crippen LogP contribution in [0.5, 0.6) is 0 Å². The monoisotopic (exact) mass is 260 g/mol. The van der Waals surface area contributed by atoms with E-state index in [4.69, 9.17) is 0 Å². The Balaban J connectivity index is 1.80. The minimum absolute atomic E-state index is 0.693. The average molecular weight is 260 g/mol. The molecule has 1 atom stereocenters. The summed E-state index contributed by atoms with van der Waals surface area (Å²) in [6.07, 6.45) is 4.91. The highest BCUT2D eigenvalue weighted by atomic mass is 15.1. The molecule has 2 heteroatoms. The maximum Gasteiger partial charge on any atom is 0.00792 e. The Morgan fingerprint density at radius 3 is 2.32 bits per heavy atom. The maximum absolute atomic E-state index is 3.51. The molecule has 1 aromatic carbocycles. The van der Waals surface area contributed by atoms with Crippen molar-refractivity contribution in [2.24, 2.45) is 0 Å². The third-order valence-corrected chi connectivity index (χ3v) is 4.24. The summed E-state index contributed by atoms with van der Waals surface area (Å²) in [5, 5.41) is 3.51. The standard InChI is InChI=1S/C17H28N2/c1-3-11-18-12-8-15(2)19-13-9-16-6-4-5-7-17(16)10-14-19/h4-7,15,18H,3,8-14H2,1-2H3. The molecule has 106 valence electrons. The second-order valence-electron chi connectivity index (χ2n) is 5.69. The molecule has 0 bridgehead atoms. The van der Waals surface area contributed by atoms with Crippen molar-refractivity contribution >= 4 is 0 Å². The molecule has 0 saturated heterocycles. The van der Waals surface area contributed by atoms with Crippen molar-refractivity contribution in [3.8, 4) is 0 Å². The Kier molecular flexibility index (Phi) is 5.87. The van der Waals surface area contributed by atoms with Crippen molar-refractivity contribution in [2.45, 2.75) is 45.6 Å². The highest BCUT2D eigenvalue weighted by Gasteiger charge is 2.17. The van der Waals surface area contributed by atoms with Gasteiger partial charge in [0.1, 0.15) is 0 Å². The summed E-state index contributed by atoms with van der Waals surface area (Å²) in [7, 11) is 0. The zero-order valence-electron chi connectivity index (χ0n) is 12.5. The van der Waals surface area contributed by atoms with Crippen LogP contribution >= 0.6 is 0 Å². The Bertz CT molecular complexity index is 348. The Hall–Kier alpha value is -0.860. The second kappa shape index (κ2) is 7.66. The molecule has 19 heavy (non-hydrogen) atoms. The van der Waals surface area contributed by atoms with E-state index >= 15 is 0 Å². The molecule has 0 fully saturated rings. The first-order valence-electron chi connectivity index (χ1n) is 7.82. The van der Waals surface area contributed by atoms with Gasteiger partial charge in [0, 0.05) is 19.1 Å². The van der Waals surface area contributed by atoms with E-state index in [0.29, 0.717) is 6.04 Å². The molecule has 1 unspecified atom stereocenters. The number of nitrogens with zero attached hydrogens (tertiary/aromatic N) is 1. The van der Waals surface area contributed by atoms with E-state index in [0.717, 1.165) is 13.1 Å². The minimum Gasteiger partial charge on any atom is -0.317 e. The Labute approximate surface area is 118 Å². The van der Waals surface area contributed by atoms with Crippen LogP contribution < -0.4 is 5.32 Å². The van der Waals surface area contributed by atoms with Crippen molar-refractivity contribution in [3.63, 3.8) is 0 Å². The molecule has 0 amide bonds. The largest absolute Gasteiger partial charge is 0.317 e. The van der Waals surface area contributed by atoms with Crippen LogP contribution in [0.2, 0.25) is 0 Å². The van der Waals surface area contributed by atoms with Crippen LogP contribution in [0.3, 0.4) is 0 Å². The summed E-state index contributed by atoms with van der Waals surface area (Å²) in [6.45, 7) is 9.33. The molecule has 2 nitrogen and oxygen atoms in total. The first-order chi connectivity index (χ1) is 9.31. The fourth-order valence-electron chi connectivity index (χ4n) is 2.92. The topological polar surface area (TPSA) is 15.3 Å². The summed E-state index contributed by atoms with van der Waals surface area (Å²) in [6, 6.07) is 9.64. The van der Waals surface area contributed by atoms with Gasteiger partial charge >= 0.3 is 0 Å². The van der Waals surface area contributed by atoms with Gasteiger partial charge in [-0.15, -0.1) is 0 Å². The molecule has 1 heterocycles. The molecule has 1 aliphatic heterocycles. The third-order valence-electron chi connectivity index (χ3n) is 4.24. The zero-order valence-corrected chi connectivity index (χ0v) is 12.5. The molecule has 1 aromatic rings. The highest BCUT2D eigenvalue weighted by molar-refractivity contribution is 5.28. The number of fused-ring (bicyclic) bond motifs is 1. The molecular weight excluding hydrogens is 232 g/mol. The van der Waals surface area contributed by atoms with Crippen LogP contribution in [0, 0.1) is 0 Å². The minimum atomic E-state index is 0.693. The van der Waals surface area contributed by atoms with Crippen LogP contribution in [-0.4, -0.2) is 37.1 Å². The Morgan fingerprint density at radius 2 is 1.74 bits per heavy atom. The van der Waals surface area contributed by atoms with Gasteiger partial charge in [0.15, 0.2) is 0 Å². The van der Waals surface area contributed by atoms with Crippen molar-refractivity contribution < 1.29 is 0 Å². The van der Waals surface area contributed by atoms with Gasteiger partial charge in [0.05, 0.1) is 0 Å². The van der Waals surface area contributed by atoms with E-state index in [1.165, 1.54) is 38.8 Å². The van der Waals surface area contributed by atoms with Crippen LogP contribution in [0.25, 0.3) is 0 Å². The first-order valence-corrected chi connectivity index (χ1v) is 7.82. The summed E-state index contributed by atoms with van der Waals surface area (Å²) in [5.41, 5.74) is 3.11. The average Bonchev–Trinajstić information content (AvgIpc) is 2.66. The molecule has 1 aliphatic rings. The van der Waals surface area contributed by atoms with Gasteiger partial charge in [0.25, 0.3) is 0 Å². The van der Waals surface area contributed by atoms with E-state index in [9.17, 15) is 0 Å². The fourth-order valence-corrected chi connectivity index (χ4v) is 2.92. The van der Waals surface area contributed by atoms with Gasteiger partial charge in [-0.2, -0.15) is 0 Å². The molecule has 0 saturated carbocycles. The fraction of sp³-hybridized carbons (Fsp3) is 0.647. The van der Waals surface area contributed by atoms with Crippen molar-refractivity contribution in [3.05, 3.63) is 35.4 Å². The lowest BCUT2D eigenvalue weighted by molar-refractivity contribution is 0.208. The highest BCUT2D eigenvalue weighted by Crippen LogP contribution is 2.17. The van der Waals surface area contributed by atoms with Crippen LogP contribution in [0.15, 0.2) is 24.3 Å². The Morgan fingerprint density at radius 1 is 1.11 bits per heavy atom. The summed E-state index contributed by atoms with van der Waals surface area (Å²) in [5.74, 6) is 0. The third kappa shape index (κ3) is 4.32. The lowest BCUT2D eigenvalue weighted by atomic mass is 10.0. The summed E-state index contributed by atoms with van der Waals surface area (Å²) >= 11 is 0. The zero-order chi connectivity index (χ0) is 13.5. The predicted octanol–water partition coefficient (Wildman–Crippen LogP) is 2.87. The van der Waals surface area contributed by atoms with Gasteiger partial charge < -0.3 is 5.32 Å². The van der Waals surface area contributed by atoms with Crippen molar-refractivity contribution in [2.75, 3.05) is 26.2 Å². The SMILES string of the molecule is CCCNCCC(C)N1CCc2ccccc2CC1. The molecule has 1 N–H and O–H groups in total. The van der Waals surface area contributed by atoms with Gasteiger partial charge in [-0.1, -0.05) is 31.2 Å². The number of benzene rings is 1. The van der Waals surface area contributed by atoms with Crippen molar-refractivity contribution in [1.29, 1.82) is 0 Å².